The van der Waals surface area contributed by atoms with E-state index in [9.17, 15) is 4.79 Å². The van der Waals surface area contributed by atoms with E-state index in [1.807, 2.05) is 50.2 Å². The van der Waals surface area contributed by atoms with Crippen LogP contribution in [-0.2, 0) is 6.54 Å². The topological polar surface area (TPSA) is 83.3 Å². The number of hydrogen-bond acceptors (Lipinski definition) is 3. The second-order valence-corrected chi connectivity index (χ2v) is 6.96. The van der Waals surface area contributed by atoms with Crippen LogP contribution in [0.1, 0.15) is 29.5 Å². The minimum absolute atomic E-state index is 0.0673. The SMILES string of the molecule is CCNC(=NCCCn1c(C)nc2ccccc21)NCCNC(=O)c1ccccc1. The predicted molar refractivity (Wildman–Crippen MR) is 122 cm³/mol. The van der Waals surface area contributed by atoms with Gasteiger partial charge < -0.3 is 20.5 Å². The molecule has 0 spiro atoms. The molecule has 7 heteroatoms. The van der Waals surface area contributed by atoms with Crippen molar-refractivity contribution < 1.29 is 4.79 Å². The third-order valence-electron chi connectivity index (χ3n) is 4.74. The fourth-order valence-corrected chi connectivity index (χ4v) is 3.29. The van der Waals surface area contributed by atoms with E-state index in [-0.39, 0.29) is 5.91 Å². The lowest BCUT2D eigenvalue weighted by Gasteiger charge is -2.12. The molecule has 0 radical (unpaired) electrons. The number of aryl methyl sites for hydroxylation is 2. The zero-order chi connectivity index (χ0) is 21.2. The number of guanidine groups is 1. The van der Waals surface area contributed by atoms with Crippen LogP contribution in [0.15, 0.2) is 59.6 Å². The highest BCUT2D eigenvalue weighted by Gasteiger charge is 2.06. The molecule has 3 N–H and O–H groups in total. The van der Waals surface area contributed by atoms with Crippen molar-refractivity contribution in [2.75, 3.05) is 26.2 Å². The van der Waals surface area contributed by atoms with Crippen LogP contribution in [0.5, 0.6) is 0 Å². The van der Waals surface area contributed by atoms with E-state index >= 15 is 0 Å². The van der Waals surface area contributed by atoms with Gasteiger partial charge in [0.2, 0.25) is 0 Å². The van der Waals surface area contributed by atoms with E-state index in [1.165, 1.54) is 0 Å². The molecule has 158 valence electrons. The predicted octanol–water partition coefficient (Wildman–Crippen LogP) is 2.72. The maximum Gasteiger partial charge on any atom is 0.251 e. The van der Waals surface area contributed by atoms with Crippen molar-refractivity contribution in [2.45, 2.75) is 26.8 Å². The highest BCUT2D eigenvalue weighted by Crippen LogP contribution is 2.15. The maximum atomic E-state index is 12.1. The third kappa shape index (κ3) is 5.83. The van der Waals surface area contributed by atoms with Gasteiger partial charge in [-0.1, -0.05) is 30.3 Å². The molecular weight excluding hydrogens is 376 g/mol. The van der Waals surface area contributed by atoms with Gasteiger partial charge in [0.1, 0.15) is 5.82 Å². The molecule has 1 amide bonds. The molecule has 1 aromatic heterocycles. The van der Waals surface area contributed by atoms with Gasteiger partial charge in [-0.05, 0) is 44.5 Å². The van der Waals surface area contributed by atoms with Gasteiger partial charge in [0.25, 0.3) is 5.91 Å². The van der Waals surface area contributed by atoms with Gasteiger partial charge in [0.15, 0.2) is 5.96 Å². The van der Waals surface area contributed by atoms with E-state index in [0.717, 1.165) is 42.3 Å². The van der Waals surface area contributed by atoms with Gasteiger partial charge in [0.05, 0.1) is 11.0 Å². The number of benzene rings is 2. The van der Waals surface area contributed by atoms with Crippen LogP contribution in [0.3, 0.4) is 0 Å². The molecule has 3 rings (SSSR count). The summed E-state index contributed by atoms with van der Waals surface area (Å²) in [5.41, 5.74) is 2.87. The van der Waals surface area contributed by atoms with Gasteiger partial charge in [0, 0.05) is 38.3 Å². The lowest BCUT2D eigenvalue weighted by atomic mass is 10.2. The van der Waals surface area contributed by atoms with Gasteiger partial charge in [-0.3, -0.25) is 9.79 Å². The van der Waals surface area contributed by atoms with Crippen molar-refractivity contribution in [1.29, 1.82) is 0 Å². The Bertz CT molecular complexity index is 980. The summed E-state index contributed by atoms with van der Waals surface area (Å²) < 4.78 is 2.24. The molecule has 0 unspecified atom stereocenters. The first-order valence-electron chi connectivity index (χ1n) is 10.5. The molecule has 3 aromatic rings. The van der Waals surface area contributed by atoms with Gasteiger partial charge in [-0.25, -0.2) is 4.98 Å². The Balaban J connectivity index is 1.44. The normalized spacial score (nSPS) is 11.5. The number of hydrogen-bond donors (Lipinski definition) is 3. The summed E-state index contributed by atoms with van der Waals surface area (Å²) in [6.07, 6.45) is 0.919. The van der Waals surface area contributed by atoms with Crippen LogP contribution < -0.4 is 16.0 Å². The van der Waals surface area contributed by atoms with Gasteiger partial charge in [-0.2, -0.15) is 0 Å². The molecule has 1 heterocycles. The van der Waals surface area contributed by atoms with Gasteiger partial charge >= 0.3 is 0 Å². The number of nitrogens with one attached hydrogen (secondary N) is 3. The first-order valence-corrected chi connectivity index (χ1v) is 10.5. The number of aromatic nitrogens is 2. The number of carbonyl (C=O) groups is 1. The lowest BCUT2D eigenvalue weighted by molar-refractivity contribution is 0.0954. The number of rotatable bonds is 9. The Morgan fingerprint density at radius 2 is 1.73 bits per heavy atom. The average molecular weight is 407 g/mol. The standard InChI is InChI=1S/C23H30N6O/c1-3-24-23(27-16-15-25-22(30)19-10-5-4-6-11-19)26-14-9-17-29-18(2)28-20-12-7-8-13-21(20)29/h4-8,10-13H,3,9,14-17H2,1-2H3,(H,25,30)(H2,24,26,27). The second kappa shape index (κ2) is 11.0. The number of carbonyl (C=O) groups excluding carboxylic acids is 1. The molecule has 0 aliphatic carbocycles. The molecule has 2 aromatic carbocycles. The summed E-state index contributed by atoms with van der Waals surface area (Å²) in [6, 6.07) is 17.4. The van der Waals surface area contributed by atoms with Crippen LogP contribution in [0.25, 0.3) is 11.0 Å². The smallest absolute Gasteiger partial charge is 0.251 e. The number of fused-ring (bicyclic) bond motifs is 1. The first-order chi connectivity index (χ1) is 14.7. The molecule has 7 nitrogen and oxygen atoms in total. The molecule has 0 atom stereocenters. The molecular formula is C23H30N6O. The highest BCUT2D eigenvalue weighted by atomic mass is 16.1. The number of aliphatic imine (C=N–C) groups is 1. The van der Waals surface area contributed by atoms with E-state index < -0.39 is 0 Å². The fraction of sp³-hybridized carbons (Fsp3) is 0.348. The average Bonchev–Trinajstić information content (AvgIpc) is 3.09. The number of imidazole rings is 1. The van der Waals surface area contributed by atoms with Crippen molar-refractivity contribution >= 4 is 22.9 Å². The summed E-state index contributed by atoms with van der Waals surface area (Å²) >= 11 is 0. The van der Waals surface area contributed by atoms with Crippen LogP contribution >= 0.6 is 0 Å². The van der Waals surface area contributed by atoms with Crippen molar-refractivity contribution in [3.63, 3.8) is 0 Å². The lowest BCUT2D eigenvalue weighted by Crippen LogP contribution is -2.41. The Morgan fingerprint density at radius 1 is 1.00 bits per heavy atom. The van der Waals surface area contributed by atoms with E-state index in [2.05, 4.69) is 36.6 Å². The molecule has 0 saturated carbocycles. The number of amides is 1. The minimum Gasteiger partial charge on any atom is -0.357 e. The first kappa shape index (κ1) is 21.4. The second-order valence-electron chi connectivity index (χ2n) is 6.96. The Morgan fingerprint density at radius 3 is 2.53 bits per heavy atom. The molecule has 0 aliphatic rings. The summed E-state index contributed by atoms with van der Waals surface area (Å²) in [5, 5.41) is 9.42. The quantitative estimate of drug-likeness (QED) is 0.290. The summed E-state index contributed by atoms with van der Waals surface area (Å²) in [7, 11) is 0. The van der Waals surface area contributed by atoms with Crippen LogP contribution in [0.4, 0.5) is 0 Å². The fourth-order valence-electron chi connectivity index (χ4n) is 3.29. The Hall–Kier alpha value is -3.35. The van der Waals surface area contributed by atoms with E-state index in [0.29, 0.717) is 25.2 Å². The number of para-hydroxylation sites is 2. The van der Waals surface area contributed by atoms with Gasteiger partial charge in [-0.15, -0.1) is 0 Å². The van der Waals surface area contributed by atoms with Crippen molar-refractivity contribution in [3.8, 4) is 0 Å². The van der Waals surface area contributed by atoms with Crippen molar-refractivity contribution in [1.82, 2.24) is 25.5 Å². The largest absolute Gasteiger partial charge is 0.357 e. The summed E-state index contributed by atoms with van der Waals surface area (Å²) in [5.74, 6) is 1.72. The van der Waals surface area contributed by atoms with Crippen LogP contribution in [0, 0.1) is 6.92 Å². The molecule has 0 aliphatic heterocycles. The highest BCUT2D eigenvalue weighted by molar-refractivity contribution is 5.94. The van der Waals surface area contributed by atoms with Crippen molar-refractivity contribution in [3.05, 3.63) is 66.0 Å². The zero-order valence-corrected chi connectivity index (χ0v) is 17.7. The molecule has 30 heavy (non-hydrogen) atoms. The zero-order valence-electron chi connectivity index (χ0n) is 17.7. The van der Waals surface area contributed by atoms with Crippen molar-refractivity contribution in [2.24, 2.45) is 4.99 Å². The monoisotopic (exact) mass is 406 g/mol. The van der Waals surface area contributed by atoms with Crippen LogP contribution in [0.2, 0.25) is 0 Å². The summed E-state index contributed by atoms with van der Waals surface area (Å²) in [4.78, 5) is 21.3. The summed E-state index contributed by atoms with van der Waals surface area (Å²) in [6.45, 7) is 7.58. The van der Waals surface area contributed by atoms with E-state index in [1.54, 1.807) is 12.1 Å². The molecule has 0 bridgehead atoms. The number of nitrogens with zero attached hydrogens (tertiary/aromatic N) is 3. The Kier molecular flexibility index (Phi) is 7.83. The minimum atomic E-state index is -0.0673. The van der Waals surface area contributed by atoms with Crippen LogP contribution in [-0.4, -0.2) is 47.6 Å². The van der Waals surface area contributed by atoms with E-state index in [4.69, 9.17) is 0 Å². The molecule has 0 fully saturated rings. The Labute approximate surface area is 177 Å². The third-order valence-corrected chi connectivity index (χ3v) is 4.74. The maximum absolute atomic E-state index is 12.1. The molecule has 0 saturated heterocycles.